The Morgan fingerprint density at radius 1 is 1.21 bits per heavy atom. The Kier molecular flexibility index (Phi) is 2.64. The third-order valence-corrected chi connectivity index (χ3v) is 2.72. The van der Waals surface area contributed by atoms with Gasteiger partial charge in [0, 0.05) is 18.0 Å². The normalized spacial score (nSPS) is 10.5. The molecule has 0 amide bonds. The van der Waals surface area contributed by atoms with Crippen molar-refractivity contribution in [1.29, 1.82) is 0 Å². The van der Waals surface area contributed by atoms with Crippen LogP contribution in [0, 0.1) is 0 Å². The van der Waals surface area contributed by atoms with Gasteiger partial charge in [-0.25, -0.2) is 9.48 Å². The van der Waals surface area contributed by atoms with E-state index in [0.29, 0.717) is 5.76 Å². The van der Waals surface area contributed by atoms with Gasteiger partial charge < -0.3 is 9.52 Å². The molecule has 3 aromatic rings. The lowest BCUT2D eigenvalue weighted by atomic mass is 10.1. The lowest BCUT2D eigenvalue weighted by Crippen LogP contribution is -1.94. The van der Waals surface area contributed by atoms with Crippen molar-refractivity contribution in [2.24, 2.45) is 0 Å². The highest BCUT2D eigenvalue weighted by Gasteiger charge is 2.10. The van der Waals surface area contributed by atoms with Crippen molar-refractivity contribution in [1.82, 2.24) is 9.78 Å². The number of carbonyl (C=O) groups is 1. The number of carboxylic acids is 1. The Balaban J connectivity index is 2.01. The summed E-state index contributed by atoms with van der Waals surface area (Å²) < 4.78 is 7.00. The van der Waals surface area contributed by atoms with Crippen LogP contribution in [0.4, 0.5) is 0 Å². The molecular formula is C14H10N2O3. The molecule has 0 spiro atoms. The summed E-state index contributed by atoms with van der Waals surface area (Å²) in [5.41, 5.74) is 1.69. The van der Waals surface area contributed by atoms with Crippen LogP contribution < -0.4 is 0 Å². The number of furan rings is 1. The third-order valence-electron chi connectivity index (χ3n) is 2.72. The van der Waals surface area contributed by atoms with Crippen LogP contribution in [0.3, 0.4) is 0 Å². The number of aromatic nitrogens is 2. The maximum absolute atomic E-state index is 10.8. The fraction of sp³-hybridized carbons (Fsp3) is 0. The highest BCUT2D eigenvalue weighted by Crippen LogP contribution is 2.24. The van der Waals surface area contributed by atoms with Crippen LogP contribution in [0.5, 0.6) is 0 Å². The van der Waals surface area contributed by atoms with E-state index in [-0.39, 0.29) is 5.76 Å². The van der Waals surface area contributed by atoms with E-state index in [9.17, 15) is 4.79 Å². The maximum Gasteiger partial charge on any atom is 0.371 e. The number of hydrogen-bond acceptors (Lipinski definition) is 3. The second-order valence-corrected chi connectivity index (χ2v) is 3.97. The van der Waals surface area contributed by atoms with E-state index in [1.54, 1.807) is 16.9 Å². The lowest BCUT2D eigenvalue weighted by Gasteiger charge is -2.03. The Bertz CT molecular complexity index is 714. The number of benzene rings is 1. The molecule has 1 aromatic carbocycles. The van der Waals surface area contributed by atoms with Gasteiger partial charge in [0.05, 0.1) is 5.69 Å². The second-order valence-electron chi connectivity index (χ2n) is 3.97. The fourth-order valence-electron chi connectivity index (χ4n) is 1.83. The number of hydrogen-bond donors (Lipinski definition) is 1. The summed E-state index contributed by atoms with van der Waals surface area (Å²) in [5.74, 6) is -0.625. The summed E-state index contributed by atoms with van der Waals surface area (Å²) in [6, 6.07) is 12.5. The monoisotopic (exact) mass is 254 g/mol. The molecule has 1 N–H and O–H groups in total. The highest BCUT2D eigenvalue weighted by molar-refractivity contribution is 5.85. The standard InChI is InChI=1S/C14H10N2O3/c17-14(18)13-6-5-12(19-13)10-3-1-4-11(9-10)16-8-2-7-15-16/h1-9H,(H,17,18). The van der Waals surface area contributed by atoms with E-state index in [4.69, 9.17) is 9.52 Å². The van der Waals surface area contributed by atoms with Gasteiger partial charge in [-0.1, -0.05) is 12.1 Å². The van der Waals surface area contributed by atoms with Crippen LogP contribution in [-0.4, -0.2) is 20.9 Å². The molecule has 19 heavy (non-hydrogen) atoms. The van der Waals surface area contributed by atoms with Crippen LogP contribution >= 0.6 is 0 Å². The molecule has 0 aliphatic carbocycles. The number of rotatable bonds is 3. The highest BCUT2D eigenvalue weighted by atomic mass is 16.4. The van der Waals surface area contributed by atoms with Crippen molar-refractivity contribution < 1.29 is 14.3 Å². The average molecular weight is 254 g/mol. The molecule has 0 saturated carbocycles. The molecule has 3 rings (SSSR count). The zero-order valence-electron chi connectivity index (χ0n) is 9.85. The molecule has 0 atom stereocenters. The molecule has 0 saturated heterocycles. The quantitative estimate of drug-likeness (QED) is 0.780. The zero-order chi connectivity index (χ0) is 13.2. The van der Waals surface area contributed by atoms with Crippen molar-refractivity contribution >= 4 is 5.97 Å². The van der Waals surface area contributed by atoms with Crippen molar-refractivity contribution in [3.05, 3.63) is 60.6 Å². The first-order valence-electron chi connectivity index (χ1n) is 5.67. The first-order valence-corrected chi connectivity index (χ1v) is 5.67. The topological polar surface area (TPSA) is 68.3 Å². The van der Waals surface area contributed by atoms with E-state index in [2.05, 4.69) is 5.10 Å². The molecule has 94 valence electrons. The minimum Gasteiger partial charge on any atom is -0.475 e. The summed E-state index contributed by atoms with van der Waals surface area (Å²) in [6.45, 7) is 0. The summed E-state index contributed by atoms with van der Waals surface area (Å²) >= 11 is 0. The minimum atomic E-state index is -1.07. The van der Waals surface area contributed by atoms with Crippen LogP contribution in [-0.2, 0) is 0 Å². The van der Waals surface area contributed by atoms with Crippen molar-refractivity contribution in [3.63, 3.8) is 0 Å². The van der Waals surface area contributed by atoms with Crippen LogP contribution in [0.1, 0.15) is 10.6 Å². The Morgan fingerprint density at radius 2 is 2.11 bits per heavy atom. The van der Waals surface area contributed by atoms with E-state index in [0.717, 1.165) is 11.3 Å². The molecule has 0 aliphatic rings. The Labute approximate surface area is 108 Å². The van der Waals surface area contributed by atoms with Gasteiger partial charge in [0.25, 0.3) is 0 Å². The summed E-state index contributed by atoms with van der Waals surface area (Å²) in [6.07, 6.45) is 3.53. The molecule has 0 unspecified atom stereocenters. The summed E-state index contributed by atoms with van der Waals surface area (Å²) in [5, 5.41) is 13.0. The van der Waals surface area contributed by atoms with Gasteiger partial charge in [0.2, 0.25) is 5.76 Å². The van der Waals surface area contributed by atoms with Gasteiger partial charge in [-0.3, -0.25) is 0 Å². The average Bonchev–Trinajstić information content (AvgIpc) is 3.10. The Morgan fingerprint density at radius 3 is 2.79 bits per heavy atom. The van der Waals surface area contributed by atoms with Gasteiger partial charge in [-0.15, -0.1) is 0 Å². The number of aromatic carboxylic acids is 1. The smallest absolute Gasteiger partial charge is 0.371 e. The van der Waals surface area contributed by atoms with E-state index in [1.165, 1.54) is 6.07 Å². The Hall–Kier alpha value is -2.82. The molecule has 5 heteroatoms. The first kappa shape index (κ1) is 11.3. The van der Waals surface area contributed by atoms with Gasteiger partial charge in [-0.05, 0) is 30.3 Å². The molecule has 0 aliphatic heterocycles. The van der Waals surface area contributed by atoms with Crippen LogP contribution in [0.2, 0.25) is 0 Å². The summed E-state index contributed by atoms with van der Waals surface area (Å²) in [4.78, 5) is 10.8. The maximum atomic E-state index is 10.8. The first-order chi connectivity index (χ1) is 9.24. The summed E-state index contributed by atoms with van der Waals surface area (Å²) in [7, 11) is 0. The van der Waals surface area contributed by atoms with E-state index < -0.39 is 5.97 Å². The van der Waals surface area contributed by atoms with Gasteiger partial charge >= 0.3 is 5.97 Å². The predicted octanol–water partition coefficient (Wildman–Crippen LogP) is 2.83. The molecule has 0 bridgehead atoms. The lowest BCUT2D eigenvalue weighted by molar-refractivity contribution is 0.0663. The molecule has 0 fully saturated rings. The molecular weight excluding hydrogens is 244 g/mol. The molecule has 2 aromatic heterocycles. The minimum absolute atomic E-state index is 0.0699. The fourth-order valence-corrected chi connectivity index (χ4v) is 1.83. The predicted molar refractivity (Wildman–Crippen MR) is 68.2 cm³/mol. The SMILES string of the molecule is O=C(O)c1ccc(-c2cccc(-n3cccn3)c2)o1. The van der Waals surface area contributed by atoms with Gasteiger partial charge in [-0.2, -0.15) is 5.10 Å². The van der Waals surface area contributed by atoms with Crippen molar-refractivity contribution in [2.45, 2.75) is 0 Å². The van der Waals surface area contributed by atoms with Crippen molar-refractivity contribution in [2.75, 3.05) is 0 Å². The van der Waals surface area contributed by atoms with Crippen molar-refractivity contribution in [3.8, 4) is 17.0 Å². The zero-order valence-corrected chi connectivity index (χ0v) is 9.85. The largest absolute Gasteiger partial charge is 0.475 e. The number of carboxylic acid groups (broad SMARTS) is 1. The van der Waals surface area contributed by atoms with Gasteiger partial charge in [0.15, 0.2) is 0 Å². The number of nitrogens with zero attached hydrogens (tertiary/aromatic N) is 2. The molecule has 2 heterocycles. The second kappa shape index (κ2) is 4.45. The molecule has 0 radical (unpaired) electrons. The van der Waals surface area contributed by atoms with Crippen LogP contribution in [0.15, 0.2) is 59.3 Å². The third kappa shape index (κ3) is 2.13. The van der Waals surface area contributed by atoms with E-state index >= 15 is 0 Å². The van der Waals surface area contributed by atoms with Gasteiger partial charge in [0.1, 0.15) is 5.76 Å². The van der Waals surface area contributed by atoms with Crippen LogP contribution in [0.25, 0.3) is 17.0 Å². The molecule has 5 nitrogen and oxygen atoms in total. The van der Waals surface area contributed by atoms with E-state index in [1.807, 2.05) is 36.5 Å².